The van der Waals surface area contributed by atoms with Crippen LogP contribution in [0.25, 0.3) is 0 Å². The summed E-state index contributed by atoms with van der Waals surface area (Å²) in [5.41, 5.74) is -1.30. The number of ether oxygens (including phenoxy) is 4. The second kappa shape index (κ2) is 11.9. The lowest BCUT2D eigenvalue weighted by Crippen LogP contribution is -2.37. The molecule has 1 N–H and O–H groups in total. The molecule has 1 atom stereocenters. The molecule has 0 aliphatic heterocycles. The summed E-state index contributed by atoms with van der Waals surface area (Å²) < 4.78 is 61.7. The zero-order valence-corrected chi connectivity index (χ0v) is 20.7. The Bertz CT molecular complexity index is 1160. The first-order valence-corrected chi connectivity index (χ1v) is 11.6. The molecule has 9 heteroatoms. The second-order valence-electron chi connectivity index (χ2n) is 9.10. The molecule has 0 bridgehead atoms. The largest absolute Gasteiger partial charge is 0.493 e. The minimum absolute atomic E-state index is 0.0696. The normalized spacial score (nSPS) is 12.5. The second-order valence-corrected chi connectivity index (χ2v) is 9.10. The third kappa shape index (κ3) is 8.93. The van der Waals surface area contributed by atoms with Crippen molar-refractivity contribution in [1.29, 1.82) is 0 Å². The molecule has 0 radical (unpaired) electrons. The number of rotatable bonds is 12. The highest BCUT2D eigenvalue weighted by molar-refractivity contribution is 5.76. The molecule has 0 saturated carbocycles. The molecule has 0 heterocycles. The molecule has 0 aliphatic rings. The number of carboxylic acid groups (broad SMARTS) is 1. The van der Waals surface area contributed by atoms with Crippen molar-refractivity contribution in [2.24, 2.45) is 5.92 Å². The molecular weight excluding hydrogens is 489 g/mol. The van der Waals surface area contributed by atoms with E-state index in [4.69, 9.17) is 18.9 Å². The lowest BCUT2D eigenvalue weighted by molar-refractivity contribution is -0.152. The van der Waals surface area contributed by atoms with Crippen molar-refractivity contribution in [2.45, 2.75) is 39.0 Å². The minimum atomic E-state index is -4.34. The molecule has 0 spiro atoms. The van der Waals surface area contributed by atoms with Crippen LogP contribution in [0.5, 0.6) is 28.7 Å². The Morgan fingerprint density at radius 1 is 0.838 bits per heavy atom. The van der Waals surface area contributed by atoms with E-state index in [2.05, 4.69) is 0 Å². The van der Waals surface area contributed by atoms with Gasteiger partial charge in [0.2, 0.25) is 0 Å². The molecule has 1 unspecified atom stereocenters. The van der Waals surface area contributed by atoms with Crippen LogP contribution in [0, 0.1) is 5.92 Å². The first kappa shape index (κ1) is 27.7. The Kier molecular flexibility index (Phi) is 8.91. The number of halogens is 3. The molecule has 3 aromatic carbocycles. The van der Waals surface area contributed by atoms with E-state index >= 15 is 0 Å². The van der Waals surface area contributed by atoms with E-state index < -0.39 is 24.2 Å². The summed E-state index contributed by atoms with van der Waals surface area (Å²) in [4.78, 5) is 11.2. The van der Waals surface area contributed by atoms with E-state index in [0.717, 1.165) is 0 Å². The van der Waals surface area contributed by atoms with Crippen molar-refractivity contribution in [3.8, 4) is 28.7 Å². The zero-order chi connectivity index (χ0) is 27.1. The van der Waals surface area contributed by atoms with E-state index in [1.54, 1.807) is 48.5 Å². The number of aliphatic carboxylic acids is 1. The van der Waals surface area contributed by atoms with Crippen molar-refractivity contribution in [3.05, 3.63) is 78.4 Å². The lowest BCUT2D eigenvalue weighted by atomic mass is 10.1. The van der Waals surface area contributed by atoms with E-state index in [-0.39, 0.29) is 30.4 Å². The number of benzene rings is 3. The van der Waals surface area contributed by atoms with E-state index in [1.807, 2.05) is 13.0 Å². The first-order chi connectivity index (χ1) is 17.4. The van der Waals surface area contributed by atoms with Gasteiger partial charge in [0.25, 0.3) is 0 Å². The quantitative estimate of drug-likeness (QED) is 0.281. The molecule has 0 amide bonds. The highest BCUT2D eigenvalue weighted by atomic mass is 19.4. The summed E-state index contributed by atoms with van der Waals surface area (Å²) in [5.74, 6) is 0.797. The van der Waals surface area contributed by atoms with E-state index in [9.17, 15) is 23.1 Å². The number of para-hydroxylation sites is 1. The van der Waals surface area contributed by atoms with E-state index in [1.165, 1.54) is 32.0 Å². The average molecular weight is 519 g/mol. The van der Waals surface area contributed by atoms with Crippen LogP contribution >= 0.6 is 0 Å². The van der Waals surface area contributed by atoms with Gasteiger partial charge in [0.05, 0.1) is 19.6 Å². The maximum atomic E-state index is 12.9. The highest BCUT2D eigenvalue weighted by Crippen LogP contribution is 2.34. The topological polar surface area (TPSA) is 74.2 Å². The smallest absolute Gasteiger partial charge is 0.393 e. The van der Waals surface area contributed by atoms with Gasteiger partial charge in [0.1, 0.15) is 17.2 Å². The minimum Gasteiger partial charge on any atom is -0.493 e. The number of alkyl halides is 3. The number of carbonyl (C=O) groups is 1. The van der Waals surface area contributed by atoms with Crippen LogP contribution in [0.3, 0.4) is 0 Å². The molecule has 198 valence electrons. The van der Waals surface area contributed by atoms with Crippen LogP contribution in [0.15, 0.2) is 72.8 Å². The van der Waals surface area contributed by atoms with Gasteiger partial charge >= 0.3 is 12.1 Å². The van der Waals surface area contributed by atoms with Crippen LogP contribution in [-0.2, 0) is 11.2 Å². The van der Waals surface area contributed by atoms with Crippen molar-refractivity contribution < 1.29 is 42.0 Å². The van der Waals surface area contributed by atoms with Crippen molar-refractivity contribution in [1.82, 2.24) is 0 Å². The third-order valence-corrected chi connectivity index (χ3v) is 5.15. The Morgan fingerprint density at radius 2 is 1.46 bits per heavy atom. The summed E-state index contributed by atoms with van der Waals surface area (Å²) >= 11 is 0. The predicted molar refractivity (Wildman–Crippen MR) is 132 cm³/mol. The van der Waals surface area contributed by atoms with Crippen LogP contribution in [0.2, 0.25) is 0 Å². The van der Waals surface area contributed by atoms with Crippen LogP contribution in [-0.4, -0.2) is 36.1 Å². The lowest BCUT2D eigenvalue weighted by Gasteiger charge is -2.21. The zero-order valence-electron chi connectivity index (χ0n) is 20.7. The van der Waals surface area contributed by atoms with Gasteiger partial charge in [-0.1, -0.05) is 31.2 Å². The van der Waals surface area contributed by atoms with Crippen molar-refractivity contribution in [2.75, 3.05) is 13.2 Å². The molecule has 0 fully saturated rings. The van der Waals surface area contributed by atoms with Gasteiger partial charge < -0.3 is 24.1 Å². The predicted octanol–water partition coefficient (Wildman–Crippen LogP) is 6.92. The Labute approximate surface area is 213 Å². The average Bonchev–Trinajstić information content (AvgIpc) is 2.83. The molecule has 3 rings (SSSR count). The van der Waals surface area contributed by atoms with E-state index in [0.29, 0.717) is 23.0 Å². The molecular formula is C28H29F3O6. The van der Waals surface area contributed by atoms with Gasteiger partial charge in [-0.3, -0.25) is 0 Å². The van der Waals surface area contributed by atoms with Gasteiger partial charge in [-0.2, -0.15) is 13.2 Å². The number of carboxylic acids is 1. The standard InChI is InChI=1S/C28H29F3O6/c1-19(17-34-21-10-12-23(13-11-21)37-27(2,3)26(32)33)18-35-25-15-20(16-28(29,30)31)9-14-24(25)36-22-7-5-4-6-8-22/h4-15,19H,16-18H2,1-3H3,(H,32,33). The van der Waals surface area contributed by atoms with Gasteiger partial charge in [-0.05, 0) is 67.9 Å². The van der Waals surface area contributed by atoms with Gasteiger partial charge in [0, 0.05) is 5.92 Å². The monoisotopic (exact) mass is 518 g/mol. The van der Waals surface area contributed by atoms with Gasteiger partial charge in [-0.25, -0.2) is 4.79 Å². The van der Waals surface area contributed by atoms with Crippen molar-refractivity contribution in [3.63, 3.8) is 0 Å². The molecule has 0 aromatic heterocycles. The Morgan fingerprint density at radius 3 is 2.08 bits per heavy atom. The number of hydrogen-bond acceptors (Lipinski definition) is 5. The Hall–Kier alpha value is -3.88. The fourth-order valence-electron chi connectivity index (χ4n) is 3.17. The van der Waals surface area contributed by atoms with Crippen LogP contribution in [0.1, 0.15) is 26.3 Å². The van der Waals surface area contributed by atoms with Gasteiger partial charge in [-0.15, -0.1) is 0 Å². The van der Waals surface area contributed by atoms with Gasteiger partial charge in [0.15, 0.2) is 17.1 Å². The summed E-state index contributed by atoms with van der Waals surface area (Å²) in [6.07, 6.45) is -5.42. The Balaban J connectivity index is 1.60. The summed E-state index contributed by atoms with van der Waals surface area (Å²) in [6, 6.07) is 19.6. The molecule has 0 saturated heterocycles. The molecule has 0 aliphatic carbocycles. The summed E-state index contributed by atoms with van der Waals surface area (Å²) in [7, 11) is 0. The van der Waals surface area contributed by atoms with Crippen LogP contribution < -0.4 is 18.9 Å². The first-order valence-electron chi connectivity index (χ1n) is 11.6. The maximum absolute atomic E-state index is 12.9. The molecule has 37 heavy (non-hydrogen) atoms. The van der Waals surface area contributed by atoms with Crippen molar-refractivity contribution >= 4 is 5.97 Å². The molecule has 3 aromatic rings. The fraction of sp³-hybridized carbons (Fsp3) is 0.321. The maximum Gasteiger partial charge on any atom is 0.393 e. The highest BCUT2D eigenvalue weighted by Gasteiger charge is 2.29. The third-order valence-electron chi connectivity index (χ3n) is 5.15. The number of hydrogen-bond donors (Lipinski definition) is 1. The summed E-state index contributed by atoms with van der Waals surface area (Å²) in [6.45, 7) is 5.24. The fourth-order valence-corrected chi connectivity index (χ4v) is 3.17. The SMILES string of the molecule is CC(COc1ccc(OC(C)(C)C(=O)O)cc1)COc1cc(CC(F)(F)F)ccc1Oc1ccccc1. The molecule has 6 nitrogen and oxygen atoms in total. The summed E-state index contributed by atoms with van der Waals surface area (Å²) in [5, 5.41) is 9.17. The van der Waals surface area contributed by atoms with Crippen LogP contribution in [0.4, 0.5) is 13.2 Å².